The van der Waals surface area contributed by atoms with Crippen molar-refractivity contribution in [1.29, 1.82) is 0 Å². The Bertz CT molecular complexity index is 673. The quantitative estimate of drug-likeness (QED) is 0.914. The Hall–Kier alpha value is -2.76. The van der Waals surface area contributed by atoms with Gasteiger partial charge in [-0.15, -0.1) is 0 Å². The molecule has 0 radical (unpaired) electrons. The van der Waals surface area contributed by atoms with E-state index in [1.165, 1.54) is 18.6 Å². The van der Waals surface area contributed by atoms with Crippen LogP contribution in [0, 0.1) is 0 Å². The number of carbonyl (C=O) groups excluding carboxylic acids is 2. The highest BCUT2D eigenvalue weighted by atomic mass is 16.3. The first-order valence-corrected chi connectivity index (χ1v) is 7.05. The molecule has 0 atom stereocenters. The van der Waals surface area contributed by atoms with Crippen LogP contribution in [-0.4, -0.2) is 52.9 Å². The van der Waals surface area contributed by atoms with Gasteiger partial charge in [0.1, 0.15) is 12.0 Å². The molecule has 6 nitrogen and oxygen atoms in total. The van der Waals surface area contributed by atoms with Crippen molar-refractivity contribution in [2.75, 3.05) is 26.2 Å². The van der Waals surface area contributed by atoms with Crippen molar-refractivity contribution in [2.45, 2.75) is 0 Å². The number of furan rings is 1. The first-order chi connectivity index (χ1) is 10.7. The highest BCUT2D eigenvalue weighted by molar-refractivity contribution is 5.97. The monoisotopic (exact) mass is 300 g/mol. The van der Waals surface area contributed by atoms with E-state index in [4.69, 9.17) is 4.42 Å². The molecule has 1 saturated heterocycles. The van der Waals surface area contributed by atoms with Crippen molar-refractivity contribution in [2.24, 2.45) is 0 Å². The number of rotatable bonds is 2. The van der Waals surface area contributed by atoms with Crippen LogP contribution in [0.2, 0.25) is 0 Å². The molecule has 2 aromatic rings. The minimum Gasteiger partial charge on any atom is -0.507 e. The summed E-state index contributed by atoms with van der Waals surface area (Å²) in [6.07, 6.45) is 2.88. The molecule has 6 heteroatoms. The Morgan fingerprint density at radius 1 is 0.955 bits per heavy atom. The molecule has 1 aromatic carbocycles. The number of carbonyl (C=O) groups is 2. The van der Waals surface area contributed by atoms with E-state index in [1.54, 1.807) is 34.1 Å². The SMILES string of the molecule is O=C(c1ccoc1)N1CCN(C(=O)c2ccccc2O)CC1. The second-order valence-corrected chi connectivity index (χ2v) is 5.11. The second-order valence-electron chi connectivity index (χ2n) is 5.11. The van der Waals surface area contributed by atoms with Crippen LogP contribution in [0.25, 0.3) is 0 Å². The van der Waals surface area contributed by atoms with Gasteiger partial charge in [-0.25, -0.2) is 0 Å². The smallest absolute Gasteiger partial charge is 0.257 e. The Kier molecular flexibility index (Phi) is 3.82. The summed E-state index contributed by atoms with van der Waals surface area (Å²) in [6.45, 7) is 1.81. The summed E-state index contributed by atoms with van der Waals surface area (Å²) < 4.78 is 4.92. The van der Waals surface area contributed by atoms with Crippen molar-refractivity contribution in [3.8, 4) is 5.75 Å². The third kappa shape index (κ3) is 2.67. The first kappa shape index (κ1) is 14.2. The standard InChI is InChI=1S/C16H16N2O4/c19-14-4-2-1-3-13(14)16(21)18-8-6-17(7-9-18)15(20)12-5-10-22-11-12/h1-5,10-11,19H,6-9H2. The lowest BCUT2D eigenvalue weighted by atomic mass is 10.1. The third-order valence-corrected chi connectivity index (χ3v) is 3.76. The number of amides is 2. The van der Waals surface area contributed by atoms with Crippen molar-refractivity contribution in [1.82, 2.24) is 9.80 Å². The third-order valence-electron chi connectivity index (χ3n) is 3.76. The van der Waals surface area contributed by atoms with E-state index in [0.29, 0.717) is 31.7 Å². The number of para-hydroxylation sites is 1. The number of nitrogens with zero attached hydrogens (tertiary/aromatic N) is 2. The van der Waals surface area contributed by atoms with Gasteiger partial charge in [-0.1, -0.05) is 12.1 Å². The van der Waals surface area contributed by atoms with Crippen LogP contribution in [-0.2, 0) is 0 Å². The van der Waals surface area contributed by atoms with E-state index in [1.807, 2.05) is 0 Å². The predicted octanol–water partition coefficient (Wildman–Crippen LogP) is 1.58. The lowest BCUT2D eigenvalue weighted by molar-refractivity contribution is 0.0533. The number of phenolic OH excluding ortho intramolecular Hbond substituents is 1. The minimum atomic E-state index is -0.214. The van der Waals surface area contributed by atoms with Gasteiger partial charge < -0.3 is 19.3 Å². The molecule has 2 amide bonds. The van der Waals surface area contributed by atoms with Gasteiger partial charge in [-0.05, 0) is 18.2 Å². The molecule has 0 aliphatic carbocycles. The van der Waals surface area contributed by atoms with Crippen LogP contribution in [0.1, 0.15) is 20.7 Å². The molecule has 1 aromatic heterocycles. The molecule has 1 aliphatic heterocycles. The van der Waals surface area contributed by atoms with Gasteiger partial charge in [0.2, 0.25) is 0 Å². The van der Waals surface area contributed by atoms with Gasteiger partial charge >= 0.3 is 0 Å². The van der Waals surface area contributed by atoms with Crippen molar-refractivity contribution in [3.05, 3.63) is 54.0 Å². The van der Waals surface area contributed by atoms with Crippen LogP contribution >= 0.6 is 0 Å². The van der Waals surface area contributed by atoms with Gasteiger partial charge in [0.05, 0.1) is 17.4 Å². The molecule has 2 heterocycles. The zero-order valence-corrected chi connectivity index (χ0v) is 11.9. The average molecular weight is 300 g/mol. The van der Waals surface area contributed by atoms with Crippen molar-refractivity contribution < 1.29 is 19.1 Å². The zero-order chi connectivity index (χ0) is 15.5. The summed E-state index contributed by atoms with van der Waals surface area (Å²) in [5.74, 6) is -0.332. The van der Waals surface area contributed by atoms with Crippen LogP contribution in [0.4, 0.5) is 0 Å². The van der Waals surface area contributed by atoms with Crippen molar-refractivity contribution >= 4 is 11.8 Å². The van der Waals surface area contributed by atoms with Gasteiger partial charge in [0.25, 0.3) is 11.8 Å². The van der Waals surface area contributed by atoms with Gasteiger partial charge in [0, 0.05) is 26.2 Å². The fraction of sp³-hybridized carbons (Fsp3) is 0.250. The normalized spacial score (nSPS) is 14.9. The second kappa shape index (κ2) is 5.93. The number of hydrogen-bond acceptors (Lipinski definition) is 4. The maximum Gasteiger partial charge on any atom is 0.257 e. The van der Waals surface area contributed by atoms with Crippen LogP contribution < -0.4 is 0 Å². The molecule has 22 heavy (non-hydrogen) atoms. The van der Waals surface area contributed by atoms with E-state index in [0.717, 1.165) is 0 Å². The molecule has 0 spiro atoms. The summed E-state index contributed by atoms with van der Waals surface area (Å²) in [5.41, 5.74) is 0.803. The maximum absolute atomic E-state index is 12.4. The van der Waals surface area contributed by atoms with Crippen LogP contribution in [0.3, 0.4) is 0 Å². The zero-order valence-electron chi connectivity index (χ0n) is 11.9. The van der Waals surface area contributed by atoms with Gasteiger partial charge in [0.15, 0.2) is 0 Å². The van der Waals surface area contributed by atoms with E-state index >= 15 is 0 Å². The molecule has 1 N–H and O–H groups in total. The summed E-state index contributed by atoms with van der Waals surface area (Å²) in [7, 11) is 0. The Morgan fingerprint density at radius 2 is 1.59 bits per heavy atom. The molecular weight excluding hydrogens is 284 g/mol. The van der Waals surface area contributed by atoms with Crippen LogP contribution in [0.5, 0.6) is 5.75 Å². The molecule has 3 rings (SSSR count). The molecular formula is C16H16N2O4. The lowest BCUT2D eigenvalue weighted by Gasteiger charge is -2.34. The van der Waals surface area contributed by atoms with Gasteiger partial charge in [-0.3, -0.25) is 9.59 Å². The fourth-order valence-electron chi connectivity index (χ4n) is 2.51. The highest BCUT2D eigenvalue weighted by Gasteiger charge is 2.26. The molecule has 0 saturated carbocycles. The van der Waals surface area contributed by atoms with Crippen molar-refractivity contribution in [3.63, 3.8) is 0 Å². The number of phenols is 1. The number of aromatic hydroxyl groups is 1. The summed E-state index contributed by atoms with van der Waals surface area (Å²) >= 11 is 0. The van der Waals surface area contributed by atoms with E-state index < -0.39 is 0 Å². The summed E-state index contributed by atoms with van der Waals surface area (Å²) in [5, 5.41) is 9.75. The lowest BCUT2D eigenvalue weighted by Crippen LogP contribution is -2.50. The first-order valence-electron chi connectivity index (χ1n) is 7.05. The largest absolute Gasteiger partial charge is 0.507 e. The summed E-state index contributed by atoms with van der Waals surface area (Å²) in [4.78, 5) is 27.9. The van der Waals surface area contributed by atoms with E-state index in [9.17, 15) is 14.7 Å². The predicted molar refractivity (Wildman–Crippen MR) is 78.6 cm³/mol. The van der Waals surface area contributed by atoms with Crippen LogP contribution in [0.15, 0.2) is 47.3 Å². The van der Waals surface area contributed by atoms with E-state index in [2.05, 4.69) is 0 Å². The topological polar surface area (TPSA) is 74.0 Å². The maximum atomic E-state index is 12.4. The minimum absolute atomic E-state index is 0.0237. The molecule has 1 fully saturated rings. The molecule has 1 aliphatic rings. The Labute approximate surface area is 127 Å². The van der Waals surface area contributed by atoms with Gasteiger partial charge in [-0.2, -0.15) is 0 Å². The fourth-order valence-corrected chi connectivity index (χ4v) is 2.51. The molecule has 0 unspecified atom stereocenters. The Balaban J connectivity index is 1.63. The Morgan fingerprint density at radius 3 is 2.18 bits per heavy atom. The number of benzene rings is 1. The number of piperazine rings is 1. The highest BCUT2D eigenvalue weighted by Crippen LogP contribution is 2.19. The molecule has 114 valence electrons. The molecule has 0 bridgehead atoms. The number of hydrogen-bond donors (Lipinski definition) is 1. The van der Waals surface area contributed by atoms with E-state index in [-0.39, 0.29) is 23.1 Å². The summed E-state index contributed by atoms with van der Waals surface area (Å²) in [6, 6.07) is 8.10. The average Bonchev–Trinajstić information content (AvgIpc) is 3.09.